The fraction of sp³-hybridized carbons (Fsp3) is 0.464. The summed E-state index contributed by atoms with van der Waals surface area (Å²) < 4.78 is 14.4. The Morgan fingerprint density at radius 3 is 2.58 bits per heavy atom. The van der Waals surface area contributed by atoms with Crippen molar-refractivity contribution >= 4 is 33.4 Å². The Bertz CT molecular complexity index is 1260. The quantitative estimate of drug-likeness (QED) is 0.299. The van der Waals surface area contributed by atoms with Gasteiger partial charge >= 0.3 is 0 Å². The van der Waals surface area contributed by atoms with Gasteiger partial charge in [0.05, 0.1) is 35.9 Å². The molecule has 1 amide bonds. The van der Waals surface area contributed by atoms with Crippen molar-refractivity contribution in [3.8, 4) is 17.2 Å². The molecule has 0 aliphatic carbocycles. The molecule has 1 saturated heterocycles. The highest BCUT2D eigenvalue weighted by Gasteiger charge is 2.33. The summed E-state index contributed by atoms with van der Waals surface area (Å²) in [5.74, 6) is 1.24. The monoisotopic (exact) mass is 603 g/mol. The molecule has 1 aliphatic rings. The summed E-state index contributed by atoms with van der Waals surface area (Å²) in [7, 11) is 0. The third-order valence-electron chi connectivity index (χ3n) is 6.45. The molecule has 2 atom stereocenters. The summed E-state index contributed by atoms with van der Waals surface area (Å²) >= 11 is 9.73. The number of nitrogens with zero attached hydrogens (tertiary/aromatic N) is 5. The van der Waals surface area contributed by atoms with Gasteiger partial charge in [-0.1, -0.05) is 23.7 Å². The maximum Gasteiger partial charge on any atom is 0.257 e. The molecule has 2 heterocycles. The Morgan fingerprint density at radius 1 is 1.16 bits per heavy atom. The Hall–Kier alpha value is -2.62. The van der Waals surface area contributed by atoms with Crippen LogP contribution in [0.3, 0.4) is 0 Å². The number of carbonyl (C=O) groups is 1. The van der Waals surface area contributed by atoms with E-state index < -0.39 is 0 Å². The standard InChI is InChI=1S/C28H35BrClN5O3/c1-6-11-37-23-8-9-24(27(13-23)38-18(2)3)28(36)33-14-19(4)34(20(5)15-33)16-22-17-35(32-31-22)26-12-21(30)7-10-25(26)29/h7-10,12-13,17-20H,6,11,14-16H2,1-5H3/t19-,20+. The second kappa shape index (κ2) is 12.5. The van der Waals surface area contributed by atoms with Crippen LogP contribution in [0, 0.1) is 0 Å². The molecule has 2 aromatic carbocycles. The average molecular weight is 605 g/mol. The first kappa shape index (κ1) is 28.4. The predicted octanol–water partition coefficient (Wildman–Crippen LogP) is 5.99. The van der Waals surface area contributed by atoms with Crippen LogP contribution in [-0.4, -0.2) is 68.6 Å². The summed E-state index contributed by atoms with van der Waals surface area (Å²) in [4.78, 5) is 17.9. The number of rotatable bonds is 9. The van der Waals surface area contributed by atoms with Gasteiger partial charge in [-0.05, 0) is 80.4 Å². The first-order valence-electron chi connectivity index (χ1n) is 13.0. The minimum Gasteiger partial charge on any atom is -0.493 e. The van der Waals surface area contributed by atoms with Gasteiger partial charge in [-0.3, -0.25) is 9.69 Å². The minimum atomic E-state index is -0.0568. The van der Waals surface area contributed by atoms with E-state index >= 15 is 0 Å². The van der Waals surface area contributed by atoms with Crippen molar-refractivity contribution in [2.75, 3.05) is 19.7 Å². The van der Waals surface area contributed by atoms with Crippen molar-refractivity contribution in [1.82, 2.24) is 24.8 Å². The number of aromatic nitrogens is 3. The summed E-state index contributed by atoms with van der Waals surface area (Å²) in [5, 5.41) is 9.34. The fourth-order valence-electron chi connectivity index (χ4n) is 4.68. The zero-order valence-electron chi connectivity index (χ0n) is 22.5. The van der Waals surface area contributed by atoms with Crippen LogP contribution in [0.4, 0.5) is 0 Å². The lowest BCUT2D eigenvalue weighted by atomic mass is 10.1. The topological polar surface area (TPSA) is 72.7 Å². The van der Waals surface area contributed by atoms with Crippen LogP contribution in [0.1, 0.15) is 57.1 Å². The summed E-state index contributed by atoms with van der Waals surface area (Å²) in [6, 6.07) is 11.3. The lowest BCUT2D eigenvalue weighted by Crippen LogP contribution is -2.57. The highest BCUT2D eigenvalue weighted by atomic mass is 79.9. The largest absolute Gasteiger partial charge is 0.493 e. The molecule has 0 radical (unpaired) electrons. The van der Waals surface area contributed by atoms with Crippen LogP contribution in [0.2, 0.25) is 5.02 Å². The molecule has 204 valence electrons. The Labute approximate surface area is 238 Å². The van der Waals surface area contributed by atoms with Crippen LogP contribution >= 0.6 is 27.5 Å². The van der Waals surface area contributed by atoms with Gasteiger partial charge in [0.25, 0.3) is 5.91 Å². The van der Waals surface area contributed by atoms with Crippen LogP contribution < -0.4 is 9.47 Å². The van der Waals surface area contributed by atoms with E-state index in [1.165, 1.54) is 0 Å². The third kappa shape index (κ3) is 6.68. The highest BCUT2D eigenvalue weighted by molar-refractivity contribution is 9.10. The van der Waals surface area contributed by atoms with Gasteiger partial charge < -0.3 is 14.4 Å². The van der Waals surface area contributed by atoms with Crippen LogP contribution in [0.25, 0.3) is 5.69 Å². The molecule has 4 rings (SSSR count). The number of benzene rings is 2. The normalized spacial score (nSPS) is 18.2. The predicted molar refractivity (Wildman–Crippen MR) is 152 cm³/mol. The van der Waals surface area contributed by atoms with Gasteiger partial charge in [-0.25, -0.2) is 4.68 Å². The highest BCUT2D eigenvalue weighted by Crippen LogP contribution is 2.29. The molecular weight excluding hydrogens is 570 g/mol. The van der Waals surface area contributed by atoms with Crippen LogP contribution in [0.5, 0.6) is 11.5 Å². The molecule has 10 heteroatoms. The summed E-state index contributed by atoms with van der Waals surface area (Å²) in [6.07, 6.45) is 2.78. The molecule has 0 bridgehead atoms. The SMILES string of the molecule is CCCOc1ccc(C(=O)N2C[C@@H](C)N(Cc3cn(-c4cc(Cl)ccc4Br)nn3)[C@@H](C)C2)c(OC(C)C)c1. The average Bonchev–Trinajstić information content (AvgIpc) is 3.34. The van der Waals surface area contributed by atoms with Gasteiger partial charge in [0.15, 0.2) is 0 Å². The number of hydrogen-bond acceptors (Lipinski definition) is 6. The maximum absolute atomic E-state index is 13.6. The van der Waals surface area contributed by atoms with Crippen molar-refractivity contribution in [1.29, 1.82) is 0 Å². The Balaban J connectivity index is 1.46. The van der Waals surface area contributed by atoms with Crippen molar-refractivity contribution in [2.24, 2.45) is 0 Å². The number of hydrogen-bond donors (Lipinski definition) is 0. The third-order valence-corrected chi connectivity index (χ3v) is 7.35. The van der Waals surface area contributed by atoms with Crippen molar-refractivity contribution < 1.29 is 14.3 Å². The van der Waals surface area contributed by atoms with E-state index in [0.29, 0.717) is 48.3 Å². The molecule has 38 heavy (non-hydrogen) atoms. The van der Waals surface area contributed by atoms with Crippen molar-refractivity contribution in [3.63, 3.8) is 0 Å². The Kier molecular flexibility index (Phi) is 9.33. The van der Waals surface area contributed by atoms with Gasteiger partial charge in [-0.2, -0.15) is 0 Å². The van der Waals surface area contributed by atoms with Gasteiger partial charge in [0.1, 0.15) is 11.5 Å². The molecule has 0 N–H and O–H groups in total. The number of halogens is 2. The zero-order valence-corrected chi connectivity index (χ0v) is 24.9. The van der Waals surface area contributed by atoms with E-state index in [1.807, 2.05) is 61.3 Å². The lowest BCUT2D eigenvalue weighted by molar-refractivity contribution is 0.0261. The van der Waals surface area contributed by atoms with Gasteiger partial charge in [-0.15, -0.1) is 5.10 Å². The van der Waals surface area contributed by atoms with Crippen molar-refractivity contribution in [2.45, 2.75) is 65.8 Å². The number of amides is 1. The zero-order chi connectivity index (χ0) is 27.4. The molecule has 1 aromatic heterocycles. The molecule has 0 saturated carbocycles. The minimum absolute atomic E-state index is 0.0298. The maximum atomic E-state index is 13.6. The first-order chi connectivity index (χ1) is 18.2. The fourth-order valence-corrected chi connectivity index (χ4v) is 5.28. The molecule has 0 unspecified atom stereocenters. The van der Waals surface area contributed by atoms with Crippen LogP contribution in [0.15, 0.2) is 47.1 Å². The molecule has 1 fully saturated rings. The van der Waals surface area contributed by atoms with Gasteiger partial charge in [0.2, 0.25) is 0 Å². The number of carbonyl (C=O) groups excluding carboxylic acids is 1. The summed E-state index contributed by atoms with van der Waals surface area (Å²) in [6.45, 7) is 12.7. The molecular formula is C28H35BrClN5O3. The lowest BCUT2D eigenvalue weighted by Gasteiger charge is -2.44. The molecule has 8 nitrogen and oxygen atoms in total. The molecule has 1 aliphatic heterocycles. The molecule has 0 spiro atoms. The van der Waals surface area contributed by atoms with E-state index in [4.69, 9.17) is 21.1 Å². The van der Waals surface area contributed by atoms with E-state index in [0.717, 1.165) is 22.3 Å². The molecule has 3 aromatic rings. The smallest absolute Gasteiger partial charge is 0.257 e. The second-order valence-corrected chi connectivity index (χ2v) is 11.3. The summed E-state index contributed by atoms with van der Waals surface area (Å²) in [5.41, 5.74) is 2.24. The van der Waals surface area contributed by atoms with Crippen molar-refractivity contribution in [3.05, 3.63) is 63.3 Å². The van der Waals surface area contributed by atoms with E-state index in [9.17, 15) is 4.79 Å². The van der Waals surface area contributed by atoms with E-state index in [1.54, 1.807) is 4.68 Å². The van der Waals surface area contributed by atoms with E-state index in [2.05, 4.69) is 51.9 Å². The van der Waals surface area contributed by atoms with Crippen LogP contribution in [-0.2, 0) is 6.54 Å². The van der Waals surface area contributed by atoms with E-state index in [-0.39, 0.29) is 24.1 Å². The van der Waals surface area contributed by atoms with Gasteiger partial charge in [0, 0.05) is 47.3 Å². The second-order valence-electron chi connectivity index (χ2n) is 10.0. The Morgan fingerprint density at radius 2 is 1.89 bits per heavy atom. The number of piperazine rings is 1. The first-order valence-corrected chi connectivity index (χ1v) is 14.2. The number of ether oxygens (including phenoxy) is 2.